The van der Waals surface area contributed by atoms with Crippen LogP contribution in [0.15, 0.2) is 11.4 Å². The number of rotatable bonds is 5. The van der Waals surface area contributed by atoms with Gasteiger partial charge in [-0.2, -0.15) is 13.2 Å². The van der Waals surface area contributed by atoms with Crippen LogP contribution in [-0.4, -0.2) is 78.5 Å². The third kappa shape index (κ3) is 4.68. The number of carbonyl (C=O) groups is 2. The summed E-state index contributed by atoms with van der Waals surface area (Å²) in [4.78, 5) is 34.6. The number of piperazine rings is 1. The molecule has 0 atom stereocenters. The number of halogens is 3. The Kier molecular flexibility index (Phi) is 6.30. The molecule has 4 rings (SSSR count). The first-order valence-electron chi connectivity index (χ1n) is 10.7. The number of thiophene rings is 1. The SMILES string of the molecule is CC(C)NC(=O)CN1CCN(c2cc(C(F)(F)F)c3scc(C(=O)N4CCC4)c3n2)CC1. The van der Waals surface area contributed by atoms with E-state index < -0.39 is 11.7 Å². The minimum atomic E-state index is -4.55. The van der Waals surface area contributed by atoms with E-state index in [2.05, 4.69) is 10.3 Å². The molecule has 2 aromatic heterocycles. The average molecular weight is 470 g/mol. The Morgan fingerprint density at radius 3 is 2.41 bits per heavy atom. The number of aromatic nitrogens is 1. The van der Waals surface area contributed by atoms with Crippen molar-refractivity contribution in [1.29, 1.82) is 0 Å². The van der Waals surface area contributed by atoms with Crippen molar-refractivity contribution >= 4 is 39.2 Å². The monoisotopic (exact) mass is 469 g/mol. The van der Waals surface area contributed by atoms with E-state index in [1.807, 2.05) is 18.7 Å². The molecule has 7 nitrogen and oxygen atoms in total. The number of hydrogen-bond donors (Lipinski definition) is 1. The van der Waals surface area contributed by atoms with E-state index in [4.69, 9.17) is 0 Å². The van der Waals surface area contributed by atoms with Gasteiger partial charge in [0.15, 0.2) is 0 Å². The van der Waals surface area contributed by atoms with Gasteiger partial charge in [0.2, 0.25) is 5.91 Å². The molecule has 1 N–H and O–H groups in total. The van der Waals surface area contributed by atoms with Gasteiger partial charge in [0.05, 0.1) is 27.9 Å². The van der Waals surface area contributed by atoms with E-state index in [0.717, 1.165) is 23.8 Å². The Balaban J connectivity index is 1.57. The summed E-state index contributed by atoms with van der Waals surface area (Å²) in [6, 6.07) is 1.14. The molecule has 11 heteroatoms. The van der Waals surface area contributed by atoms with Gasteiger partial charge in [-0.05, 0) is 26.3 Å². The minimum absolute atomic E-state index is 0.00545. The fraction of sp³-hybridized carbons (Fsp3) is 0.571. The van der Waals surface area contributed by atoms with Gasteiger partial charge in [-0.25, -0.2) is 4.98 Å². The van der Waals surface area contributed by atoms with Crippen molar-refractivity contribution in [2.24, 2.45) is 0 Å². The average Bonchev–Trinajstić information content (AvgIpc) is 3.08. The van der Waals surface area contributed by atoms with Crippen LogP contribution in [0.25, 0.3) is 10.2 Å². The zero-order valence-electron chi connectivity index (χ0n) is 18.0. The van der Waals surface area contributed by atoms with E-state index in [9.17, 15) is 22.8 Å². The summed E-state index contributed by atoms with van der Waals surface area (Å²) in [7, 11) is 0. The lowest BCUT2D eigenvalue weighted by Crippen LogP contribution is -2.50. The van der Waals surface area contributed by atoms with E-state index in [0.29, 0.717) is 39.3 Å². The fourth-order valence-electron chi connectivity index (χ4n) is 3.92. The fourth-order valence-corrected chi connectivity index (χ4v) is 4.93. The lowest BCUT2D eigenvalue weighted by molar-refractivity contribution is -0.136. The Morgan fingerprint density at radius 1 is 1.16 bits per heavy atom. The predicted molar refractivity (Wildman–Crippen MR) is 117 cm³/mol. The topological polar surface area (TPSA) is 68.8 Å². The van der Waals surface area contributed by atoms with Crippen LogP contribution in [0.3, 0.4) is 0 Å². The molecule has 0 aliphatic carbocycles. The summed E-state index contributed by atoms with van der Waals surface area (Å²) in [5, 5.41) is 4.33. The van der Waals surface area contributed by atoms with Crippen LogP contribution in [0, 0.1) is 0 Å². The summed E-state index contributed by atoms with van der Waals surface area (Å²) >= 11 is 0.914. The molecule has 2 fully saturated rings. The molecule has 4 heterocycles. The number of nitrogens with one attached hydrogen (secondary N) is 1. The summed E-state index contributed by atoms with van der Waals surface area (Å²) in [5.41, 5.74) is -0.402. The van der Waals surface area contributed by atoms with Crippen LogP contribution < -0.4 is 10.2 Å². The van der Waals surface area contributed by atoms with Crippen LogP contribution in [0.1, 0.15) is 36.2 Å². The molecule has 174 valence electrons. The number of amides is 2. The number of alkyl halides is 3. The Hall–Kier alpha value is -2.40. The van der Waals surface area contributed by atoms with Gasteiger partial charge < -0.3 is 15.1 Å². The number of anilines is 1. The first-order chi connectivity index (χ1) is 15.1. The van der Waals surface area contributed by atoms with Crippen molar-refractivity contribution in [3.63, 3.8) is 0 Å². The van der Waals surface area contributed by atoms with E-state index in [1.54, 1.807) is 9.80 Å². The van der Waals surface area contributed by atoms with Crippen LogP contribution in [-0.2, 0) is 11.0 Å². The number of pyridine rings is 1. The molecule has 2 aliphatic heterocycles. The van der Waals surface area contributed by atoms with Crippen molar-refractivity contribution in [2.75, 3.05) is 50.7 Å². The maximum Gasteiger partial charge on any atom is 0.417 e. The molecule has 2 amide bonds. The van der Waals surface area contributed by atoms with E-state index in [1.165, 1.54) is 5.38 Å². The minimum Gasteiger partial charge on any atom is -0.354 e. The molecule has 0 unspecified atom stereocenters. The Bertz CT molecular complexity index is 1010. The summed E-state index contributed by atoms with van der Waals surface area (Å²) in [5.74, 6) is -0.117. The van der Waals surface area contributed by atoms with Gasteiger partial charge in [0.1, 0.15) is 5.82 Å². The summed E-state index contributed by atoms with van der Waals surface area (Å²) in [6.07, 6.45) is -3.64. The van der Waals surface area contributed by atoms with Crippen LogP contribution in [0.4, 0.5) is 19.0 Å². The lowest BCUT2D eigenvalue weighted by atomic mass is 10.1. The van der Waals surface area contributed by atoms with Crippen LogP contribution in [0.5, 0.6) is 0 Å². The highest BCUT2D eigenvalue weighted by molar-refractivity contribution is 7.17. The second kappa shape index (κ2) is 8.86. The highest BCUT2D eigenvalue weighted by Gasteiger charge is 2.36. The molecule has 0 aromatic carbocycles. The maximum absolute atomic E-state index is 13.8. The molecule has 2 aromatic rings. The number of hydrogen-bond acceptors (Lipinski definition) is 6. The normalized spacial score (nSPS) is 17.7. The molecular weight excluding hydrogens is 443 g/mol. The number of likely N-dealkylation sites (tertiary alicyclic amines) is 1. The smallest absolute Gasteiger partial charge is 0.354 e. The molecule has 32 heavy (non-hydrogen) atoms. The predicted octanol–water partition coefficient (Wildman–Crippen LogP) is 2.81. The molecule has 0 bridgehead atoms. The van der Waals surface area contributed by atoms with Crippen molar-refractivity contribution in [2.45, 2.75) is 32.5 Å². The Labute approximate surface area is 188 Å². The molecular formula is C21H26F3N5O2S. The molecule has 2 aliphatic rings. The first-order valence-corrected chi connectivity index (χ1v) is 11.6. The second-order valence-corrected chi connectivity index (χ2v) is 9.36. The third-order valence-corrected chi connectivity index (χ3v) is 6.70. The number of carbonyl (C=O) groups excluding carboxylic acids is 2. The highest BCUT2D eigenvalue weighted by Crippen LogP contribution is 2.40. The quantitative estimate of drug-likeness (QED) is 0.730. The molecule has 0 radical (unpaired) electrons. The van der Waals surface area contributed by atoms with Crippen molar-refractivity contribution in [1.82, 2.24) is 20.1 Å². The van der Waals surface area contributed by atoms with Gasteiger partial charge in [0.25, 0.3) is 5.91 Å². The first kappa shape index (κ1) is 22.8. The zero-order valence-corrected chi connectivity index (χ0v) is 18.9. The lowest BCUT2D eigenvalue weighted by Gasteiger charge is -2.35. The number of nitrogens with zero attached hydrogens (tertiary/aromatic N) is 4. The second-order valence-electron chi connectivity index (χ2n) is 8.48. The standard InChI is InChI=1S/C21H26F3N5O2S/c1-13(2)25-17(30)11-27-6-8-28(9-7-27)16-10-15(21(22,23)24)19-18(26-16)14(12-32-19)20(31)29-4-3-5-29/h10,12-13H,3-9,11H2,1-2H3,(H,25,30). The van der Waals surface area contributed by atoms with Gasteiger partial charge in [0, 0.05) is 50.7 Å². The van der Waals surface area contributed by atoms with Crippen LogP contribution >= 0.6 is 11.3 Å². The Morgan fingerprint density at radius 2 is 1.84 bits per heavy atom. The maximum atomic E-state index is 13.8. The van der Waals surface area contributed by atoms with Crippen molar-refractivity contribution in [3.8, 4) is 0 Å². The zero-order chi connectivity index (χ0) is 23.0. The van der Waals surface area contributed by atoms with Crippen molar-refractivity contribution < 1.29 is 22.8 Å². The van der Waals surface area contributed by atoms with Crippen LogP contribution in [0.2, 0.25) is 0 Å². The van der Waals surface area contributed by atoms with Gasteiger partial charge in [-0.15, -0.1) is 11.3 Å². The number of fused-ring (bicyclic) bond motifs is 1. The summed E-state index contributed by atoms with van der Waals surface area (Å²) < 4.78 is 41.5. The van der Waals surface area contributed by atoms with Gasteiger partial charge >= 0.3 is 6.18 Å². The van der Waals surface area contributed by atoms with Gasteiger partial charge in [-0.1, -0.05) is 0 Å². The molecule has 0 spiro atoms. The van der Waals surface area contributed by atoms with E-state index >= 15 is 0 Å². The van der Waals surface area contributed by atoms with E-state index in [-0.39, 0.29) is 46.0 Å². The molecule has 2 saturated heterocycles. The molecule has 0 saturated carbocycles. The third-order valence-electron chi connectivity index (χ3n) is 5.70. The highest BCUT2D eigenvalue weighted by atomic mass is 32.1. The van der Waals surface area contributed by atoms with Gasteiger partial charge in [-0.3, -0.25) is 14.5 Å². The van der Waals surface area contributed by atoms with Crippen molar-refractivity contribution in [3.05, 3.63) is 22.6 Å². The largest absolute Gasteiger partial charge is 0.417 e. The summed E-state index contributed by atoms with van der Waals surface area (Å²) in [6.45, 7) is 7.25.